The number of aromatic nitrogens is 1. The molecule has 0 aromatic carbocycles. The van der Waals surface area contributed by atoms with Crippen LogP contribution in [0.25, 0.3) is 0 Å². The molecule has 4 nitrogen and oxygen atoms in total. The molecule has 0 fully saturated rings. The van der Waals surface area contributed by atoms with Crippen molar-refractivity contribution in [2.24, 2.45) is 5.92 Å². The van der Waals surface area contributed by atoms with Gasteiger partial charge in [0.1, 0.15) is 10.6 Å². The van der Waals surface area contributed by atoms with Gasteiger partial charge in [-0.05, 0) is 30.8 Å². The minimum absolute atomic E-state index is 0.324. The Morgan fingerprint density at radius 1 is 1.50 bits per heavy atom. The van der Waals surface area contributed by atoms with E-state index >= 15 is 0 Å². The van der Waals surface area contributed by atoms with Crippen LogP contribution in [0, 0.1) is 12.8 Å². The standard InChI is InChI=1S/C13H22N2O2S/c1-4-6-7-10(5-2)8-14-12-11(13(16)17)9(3)15-18-12/h10,14H,4-8H2,1-3H3,(H,16,17). The highest BCUT2D eigenvalue weighted by Crippen LogP contribution is 2.25. The summed E-state index contributed by atoms with van der Waals surface area (Å²) < 4.78 is 4.10. The van der Waals surface area contributed by atoms with E-state index in [1.54, 1.807) is 6.92 Å². The fraction of sp³-hybridized carbons (Fsp3) is 0.692. The fourth-order valence-electron chi connectivity index (χ4n) is 1.92. The van der Waals surface area contributed by atoms with Crippen molar-refractivity contribution in [3.05, 3.63) is 11.3 Å². The SMILES string of the molecule is CCCCC(CC)CNc1snc(C)c1C(=O)O. The minimum atomic E-state index is -0.898. The summed E-state index contributed by atoms with van der Waals surface area (Å²) in [6, 6.07) is 0. The zero-order valence-electron chi connectivity index (χ0n) is 11.3. The van der Waals surface area contributed by atoms with Crippen LogP contribution in [-0.2, 0) is 0 Å². The molecule has 0 bridgehead atoms. The number of unbranched alkanes of at least 4 members (excludes halogenated alkanes) is 1. The Labute approximate surface area is 113 Å². The van der Waals surface area contributed by atoms with Crippen molar-refractivity contribution >= 4 is 22.5 Å². The van der Waals surface area contributed by atoms with Crippen LogP contribution in [0.15, 0.2) is 0 Å². The van der Waals surface area contributed by atoms with Crippen LogP contribution in [0.3, 0.4) is 0 Å². The Balaban J connectivity index is 2.59. The normalized spacial score (nSPS) is 12.4. The topological polar surface area (TPSA) is 62.2 Å². The first kappa shape index (κ1) is 15.0. The zero-order chi connectivity index (χ0) is 13.5. The summed E-state index contributed by atoms with van der Waals surface area (Å²) >= 11 is 1.24. The van der Waals surface area contributed by atoms with Gasteiger partial charge in [-0.2, -0.15) is 4.37 Å². The highest BCUT2D eigenvalue weighted by atomic mass is 32.1. The minimum Gasteiger partial charge on any atom is -0.478 e. The molecule has 1 heterocycles. The van der Waals surface area contributed by atoms with Gasteiger partial charge < -0.3 is 10.4 Å². The third-order valence-electron chi connectivity index (χ3n) is 3.17. The first-order valence-corrected chi connectivity index (χ1v) is 7.30. The highest BCUT2D eigenvalue weighted by Gasteiger charge is 2.17. The molecule has 0 radical (unpaired) electrons. The van der Waals surface area contributed by atoms with Crippen LogP contribution < -0.4 is 5.32 Å². The highest BCUT2D eigenvalue weighted by molar-refractivity contribution is 7.10. The van der Waals surface area contributed by atoms with E-state index in [2.05, 4.69) is 23.5 Å². The van der Waals surface area contributed by atoms with Crippen molar-refractivity contribution in [1.82, 2.24) is 4.37 Å². The van der Waals surface area contributed by atoms with E-state index in [-0.39, 0.29) is 0 Å². The van der Waals surface area contributed by atoms with Crippen LogP contribution in [-0.4, -0.2) is 22.0 Å². The van der Waals surface area contributed by atoms with Crippen LogP contribution >= 0.6 is 11.5 Å². The lowest BCUT2D eigenvalue weighted by Crippen LogP contribution is -2.14. The van der Waals surface area contributed by atoms with E-state index in [0.717, 1.165) is 13.0 Å². The number of aryl methyl sites for hydroxylation is 1. The molecule has 1 aromatic heterocycles. The van der Waals surface area contributed by atoms with Gasteiger partial charge in [0.25, 0.3) is 0 Å². The maximum absolute atomic E-state index is 11.1. The summed E-state index contributed by atoms with van der Waals surface area (Å²) in [7, 11) is 0. The number of rotatable bonds is 8. The second-order valence-electron chi connectivity index (χ2n) is 4.57. The van der Waals surface area contributed by atoms with E-state index in [1.165, 1.54) is 30.8 Å². The number of carbonyl (C=O) groups is 1. The number of carboxylic acid groups (broad SMARTS) is 1. The van der Waals surface area contributed by atoms with Gasteiger partial charge in [0.05, 0.1) is 5.69 Å². The second kappa shape index (κ2) is 7.36. The molecule has 0 spiro atoms. The molecule has 1 aromatic rings. The fourth-order valence-corrected chi connectivity index (χ4v) is 2.72. The number of carboxylic acids is 1. The molecule has 5 heteroatoms. The number of aromatic carboxylic acids is 1. The molecule has 1 unspecified atom stereocenters. The van der Waals surface area contributed by atoms with Gasteiger partial charge in [0.15, 0.2) is 0 Å². The molecular weight excluding hydrogens is 248 g/mol. The van der Waals surface area contributed by atoms with Crippen molar-refractivity contribution in [2.75, 3.05) is 11.9 Å². The van der Waals surface area contributed by atoms with Gasteiger partial charge in [-0.25, -0.2) is 4.79 Å². The lowest BCUT2D eigenvalue weighted by atomic mass is 9.99. The molecule has 102 valence electrons. The molecule has 0 saturated heterocycles. The summed E-state index contributed by atoms with van der Waals surface area (Å²) in [5.74, 6) is -0.292. The molecule has 0 aliphatic rings. The van der Waals surface area contributed by atoms with Crippen molar-refractivity contribution in [2.45, 2.75) is 46.5 Å². The largest absolute Gasteiger partial charge is 0.478 e. The van der Waals surface area contributed by atoms with E-state index < -0.39 is 5.97 Å². The summed E-state index contributed by atoms with van der Waals surface area (Å²) in [5.41, 5.74) is 0.918. The predicted octanol–water partition coefficient (Wildman–Crippen LogP) is 3.78. The summed E-state index contributed by atoms with van der Waals surface area (Å²) in [6.45, 7) is 6.94. The van der Waals surface area contributed by atoms with Gasteiger partial charge in [-0.3, -0.25) is 0 Å². The average molecular weight is 270 g/mol. The van der Waals surface area contributed by atoms with E-state index in [0.29, 0.717) is 22.2 Å². The average Bonchev–Trinajstić information content (AvgIpc) is 2.71. The van der Waals surface area contributed by atoms with Gasteiger partial charge in [0, 0.05) is 6.54 Å². The smallest absolute Gasteiger partial charge is 0.340 e. The molecular formula is C13H22N2O2S. The number of nitrogens with one attached hydrogen (secondary N) is 1. The van der Waals surface area contributed by atoms with Crippen LogP contribution in [0.5, 0.6) is 0 Å². The molecule has 2 N–H and O–H groups in total. The van der Waals surface area contributed by atoms with Crippen LogP contribution in [0.2, 0.25) is 0 Å². The van der Waals surface area contributed by atoms with Crippen molar-refractivity contribution in [1.29, 1.82) is 0 Å². The third-order valence-corrected chi connectivity index (χ3v) is 4.07. The van der Waals surface area contributed by atoms with Gasteiger partial charge in [-0.15, -0.1) is 0 Å². The lowest BCUT2D eigenvalue weighted by Gasteiger charge is -2.15. The first-order valence-electron chi connectivity index (χ1n) is 6.53. The lowest BCUT2D eigenvalue weighted by molar-refractivity contribution is 0.0697. The van der Waals surface area contributed by atoms with E-state index in [9.17, 15) is 4.79 Å². The van der Waals surface area contributed by atoms with Crippen molar-refractivity contribution in [3.63, 3.8) is 0 Å². The number of nitrogens with zero attached hydrogens (tertiary/aromatic N) is 1. The molecule has 0 aliphatic heterocycles. The molecule has 0 saturated carbocycles. The van der Waals surface area contributed by atoms with Gasteiger partial charge in [-0.1, -0.05) is 33.1 Å². The van der Waals surface area contributed by atoms with Gasteiger partial charge >= 0.3 is 5.97 Å². The predicted molar refractivity (Wildman–Crippen MR) is 75.6 cm³/mol. The molecule has 18 heavy (non-hydrogen) atoms. The van der Waals surface area contributed by atoms with Crippen LogP contribution in [0.1, 0.15) is 55.6 Å². The zero-order valence-corrected chi connectivity index (χ0v) is 12.1. The quantitative estimate of drug-likeness (QED) is 0.754. The van der Waals surface area contributed by atoms with E-state index in [1.807, 2.05) is 0 Å². The molecule has 0 amide bonds. The number of hydrogen-bond acceptors (Lipinski definition) is 4. The second-order valence-corrected chi connectivity index (χ2v) is 5.35. The maximum atomic E-state index is 11.1. The first-order chi connectivity index (χ1) is 8.60. The number of hydrogen-bond donors (Lipinski definition) is 2. The summed E-state index contributed by atoms with van der Waals surface area (Å²) in [4.78, 5) is 11.1. The Kier molecular flexibility index (Phi) is 6.12. The van der Waals surface area contributed by atoms with Crippen LogP contribution in [0.4, 0.5) is 5.00 Å². The molecule has 1 atom stereocenters. The summed E-state index contributed by atoms with van der Waals surface area (Å²) in [6.07, 6.45) is 4.75. The Morgan fingerprint density at radius 3 is 2.78 bits per heavy atom. The Bertz CT molecular complexity index is 390. The molecule has 1 rings (SSSR count). The Morgan fingerprint density at radius 2 is 2.22 bits per heavy atom. The van der Waals surface area contributed by atoms with Gasteiger partial charge in [0.2, 0.25) is 0 Å². The summed E-state index contributed by atoms with van der Waals surface area (Å²) in [5, 5.41) is 13.1. The monoisotopic (exact) mass is 270 g/mol. The van der Waals surface area contributed by atoms with E-state index in [4.69, 9.17) is 5.11 Å². The Hall–Kier alpha value is -1.10. The maximum Gasteiger partial charge on any atom is 0.340 e. The van der Waals surface area contributed by atoms with Crippen molar-refractivity contribution < 1.29 is 9.90 Å². The molecule has 0 aliphatic carbocycles. The third kappa shape index (κ3) is 3.98. The van der Waals surface area contributed by atoms with Crippen molar-refractivity contribution in [3.8, 4) is 0 Å². The number of anilines is 1.